The highest BCUT2D eigenvalue weighted by atomic mass is 35.5. The summed E-state index contributed by atoms with van der Waals surface area (Å²) in [7, 11) is -3.51. The monoisotopic (exact) mass is 258 g/mol. The summed E-state index contributed by atoms with van der Waals surface area (Å²) in [6, 6.07) is 2.69. The Bertz CT molecular complexity index is 517. The number of halogens is 1. The van der Waals surface area contributed by atoms with Crippen LogP contribution in [0, 0.1) is 11.8 Å². The lowest BCUT2D eigenvalue weighted by Gasteiger charge is -2.04. The van der Waals surface area contributed by atoms with E-state index in [0.717, 1.165) is 0 Å². The topological polar surface area (TPSA) is 59.1 Å². The van der Waals surface area contributed by atoms with Gasteiger partial charge in [0.1, 0.15) is 5.15 Å². The zero-order valence-corrected chi connectivity index (χ0v) is 10.3. The summed E-state index contributed by atoms with van der Waals surface area (Å²) in [5.41, 5.74) is 0. The average molecular weight is 259 g/mol. The van der Waals surface area contributed by atoms with Crippen molar-refractivity contribution in [3.05, 3.63) is 23.5 Å². The van der Waals surface area contributed by atoms with Gasteiger partial charge in [0, 0.05) is 19.2 Å². The predicted octanol–water partition coefficient (Wildman–Crippen LogP) is 1.43. The molecule has 0 saturated carbocycles. The molecular weight excluding hydrogens is 248 g/mol. The Labute approximate surface area is 100 Å². The number of pyridine rings is 1. The van der Waals surface area contributed by atoms with Crippen molar-refractivity contribution in [1.82, 2.24) is 9.71 Å². The van der Waals surface area contributed by atoms with Crippen LogP contribution in [0.1, 0.15) is 13.3 Å². The van der Waals surface area contributed by atoms with E-state index in [0.29, 0.717) is 6.42 Å². The maximum absolute atomic E-state index is 11.7. The highest BCUT2D eigenvalue weighted by Gasteiger charge is 2.13. The second-order valence-corrected chi connectivity index (χ2v) is 5.04. The van der Waals surface area contributed by atoms with Gasteiger partial charge in [-0.3, -0.25) is 0 Å². The molecule has 1 heterocycles. The number of nitrogens with zero attached hydrogens (tertiary/aromatic N) is 1. The summed E-state index contributed by atoms with van der Waals surface area (Å²) < 4.78 is 25.8. The maximum atomic E-state index is 11.7. The minimum absolute atomic E-state index is 0.108. The molecule has 0 radical (unpaired) electrons. The third-order valence-corrected chi connectivity index (χ3v) is 3.39. The van der Waals surface area contributed by atoms with E-state index in [1.54, 1.807) is 6.92 Å². The molecule has 0 bridgehead atoms. The number of aromatic nitrogens is 1. The molecule has 0 aliphatic carbocycles. The van der Waals surface area contributed by atoms with Gasteiger partial charge in [0.15, 0.2) is 0 Å². The maximum Gasteiger partial charge on any atom is 0.240 e. The van der Waals surface area contributed by atoms with E-state index < -0.39 is 10.0 Å². The highest BCUT2D eigenvalue weighted by molar-refractivity contribution is 7.89. The van der Waals surface area contributed by atoms with Gasteiger partial charge in [-0.1, -0.05) is 11.6 Å². The van der Waals surface area contributed by atoms with E-state index in [1.165, 1.54) is 18.3 Å². The zero-order chi connectivity index (χ0) is 12.0. The molecule has 0 aliphatic heterocycles. The molecule has 16 heavy (non-hydrogen) atoms. The van der Waals surface area contributed by atoms with Crippen LogP contribution in [0.15, 0.2) is 23.2 Å². The Morgan fingerprint density at radius 2 is 2.31 bits per heavy atom. The average Bonchev–Trinajstić information content (AvgIpc) is 2.24. The van der Waals surface area contributed by atoms with Crippen LogP contribution in [0.2, 0.25) is 5.15 Å². The summed E-state index contributed by atoms with van der Waals surface area (Å²) in [4.78, 5) is 3.82. The van der Waals surface area contributed by atoms with Gasteiger partial charge in [-0.05, 0) is 19.1 Å². The molecule has 0 spiro atoms. The summed E-state index contributed by atoms with van der Waals surface area (Å²) >= 11 is 5.61. The summed E-state index contributed by atoms with van der Waals surface area (Å²) in [5, 5.41) is 0.149. The molecule has 0 amide bonds. The molecule has 1 aromatic rings. The Hall–Kier alpha value is -1.09. The van der Waals surface area contributed by atoms with Crippen molar-refractivity contribution in [2.24, 2.45) is 0 Å². The number of rotatable bonds is 4. The standard InChI is InChI=1S/C10H11ClN2O2S/c1-2-3-4-6-13-16(14,15)9-5-7-12-10(11)8-9/h5,7-8,13H,4,6H2,1H3. The Balaban J connectivity index is 2.73. The van der Waals surface area contributed by atoms with Gasteiger partial charge in [0.2, 0.25) is 10.0 Å². The van der Waals surface area contributed by atoms with Crippen molar-refractivity contribution >= 4 is 21.6 Å². The van der Waals surface area contributed by atoms with Crippen LogP contribution in [0.4, 0.5) is 0 Å². The largest absolute Gasteiger partial charge is 0.244 e. The molecule has 0 saturated heterocycles. The quantitative estimate of drug-likeness (QED) is 0.505. The van der Waals surface area contributed by atoms with Gasteiger partial charge in [-0.25, -0.2) is 18.1 Å². The lowest BCUT2D eigenvalue weighted by atomic mass is 10.4. The van der Waals surface area contributed by atoms with Crippen LogP contribution in [-0.2, 0) is 10.0 Å². The van der Waals surface area contributed by atoms with E-state index in [2.05, 4.69) is 21.5 Å². The fourth-order valence-corrected chi connectivity index (χ4v) is 2.29. The van der Waals surface area contributed by atoms with Crippen molar-refractivity contribution in [1.29, 1.82) is 0 Å². The first-order valence-corrected chi connectivity index (χ1v) is 6.43. The molecule has 6 heteroatoms. The van der Waals surface area contributed by atoms with Crippen molar-refractivity contribution < 1.29 is 8.42 Å². The molecule has 4 nitrogen and oxygen atoms in total. The van der Waals surface area contributed by atoms with Gasteiger partial charge in [0.25, 0.3) is 0 Å². The molecular formula is C10H11ClN2O2S. The number of sulfonamides is 1. The molecule has 1 aromatic heterocycles. The van der Waals surface area contributed by atoms with Crippen molar-refractivity contribution in [3.8, 4) is 11.8 Å². The second-order valence-electron chi connectivity index (χ2n) is 2.89. The highest BCUT2D eigenvalue weighted by Crippen LogP contribution is 2.12. The number of hydrogen-bond donors (Lipinski definition) is 1. The minimum atomic E-state index is -3.51. The lowest BCUT2D eigenvalue weighted by Crippen LogP contribution is -2.24. The van der Waals surface area contributed by atoms with Gasteiger partial charge in [-0.15, -0.1) is 11.8 Å². The Kier molecular flexibility index (Phi) is 4.74. The van der Waals surface area contributed by atoms with E-state index in [1.807, 2.05) is 0 Å². The molecule has 0 atom stereocenters. The summed E-state index contributed by atoms with van der Waals surface area (Å²) in [6.45, 7) is 1.99. The molecule has 0 aliphatic rings. The molecule has 86 valence electrons. The molecule has 1 N–H and O–H groups in total. The van der Waals surface area contributed by atoms with E-state index in [-0.39, 0.29) is 16.6 Å². The molecule has 0 fully saturated rings. The first-order valence-electron chi connectivity index (χ1n) is 4.57. The lowest BCUT2D eigenvalue weighted by molar-refractivity contribution is 0.582. The fraction of sp³-hybridized carbons (Fsp3) is 0.300. The smallest absolute Gasteiger partial charge is 0.240 e. The second kappa shape index (κ2) is 5.85. The molecule has 0 unspecified atom stereocenters. The summed E-state index contributed by atoms with van der Waals surface area (Å²) in [6.07, 6.45) is 1.83. The van der Waals surface area contributed by atoms with Crippen molar-refractivity contribution in [2.75, 3.05) is 6.54 Å². The van der Waals surface area contributed by atoms with Crippen LogP contribution >= 0.6 is 11.6 Å². The number of nitrogens with one attached hydrogen (secondary N) is 1. The van der Waals surface area contributed by atoms with Crippen LogP contribution in [-0.4, -0.2) is 19.9 Å². The van der Waals surface area contributed by atoms with E-state index in [4.69, 9.17) is 11.6 Å². The minimum Gasteiger partial charge on any atom is -0.244 e. The Morgan fingerprint density at radius 3 is 2.94 bits per heavy atom. The van der Waals surface area contributed by atoms with Gasteiger partial charge in [0.05, 0.1) is 4.90 Å². The Morgan fingerprint density at radius 1 is 1.56 bits per heavy atom. The van der Waals surface area contributed by atoms with Crippen molar-refractivity contribution in [2.45, 2.75) is 18.2 Å². The third-order valence-electron chi connectivity index (χ3n) is 1.73. The predicted molar refractivity (Wildman–Crippen MR) is 62.5 cm³/mol. The third kappa shape index (κ3) is 3.81. The van der Waals surface area contributed by atoms with Gasteiger partial charge >= 0.3 is 0 Å². The van der Waals surface area contributed by atoms with Crippen LogP contribution in [0.25, 0.3) is 0 Å². The fourth-order valence-electron chi connectivity index (χ4n) is 1.01. The normalized spacial score (nSPS) is 10.6. The van der Waals surface area contributed by atoms with E-state index in [9.17, 15) is 8.42 Å². The van der Waals surface area contributed by atoms with Crippen LogP contribution in [0.3, 0.4) is 0 Å². The zero-order valence-electron chi connectivity index (χ0n) is 8.70. The first kappa shape index (κ1) is 13.0. The van der Waals surface area contributed by atoms with E-state index >= 15 is 0 Å². The first-order chi connectivity index (χ1) is 7.56. The van der Waals surface area contributed by atoms with Crippen molar-refractivity contribution in [3.63, 3.8) is 0 Å². The molecule has 0 aromatic carbocycles. The van der Waals surface area contributed by atoms with Gasteiger partial charge in [-0.2, -0.15) is 0 Å². The van der Waals surface area contributed by atoms with Crippen LogP contribution < -0.4 is 4.72 Å². The SMILES string of the molecule is CC#CCCNS(=O)(=O)c1ccnc(Cl)c1. The number of hydrogen-bond acceptors (Lipinski definition) is 3. The van der Waals surface area contributed by atoms with Crippen LogP contribution in [0.5, 0.6) is 0 Å². The summed E-state index contributed by atoms with van der Waals surface area (Å²) in [5.74, 6) is 5.46. The van der Waals surface area contributed by atoms with Gasteiger partial charge < -0.3 is 0 Å². The molecule has 1 rings (SSSR count).